The van der Waals surface area contributed by atoms with Crippen molar-refractivity contribution in [3.8, 4) is 11.3 Å². The Hall–Kier alpha value is -1.50. The fraction of sp³-hybridized carbons (Fsp3) is 0.353. The summed E-state index contributed by atoms with van der Waals surface area (Å²) in [6.45, 7) is 6.21. The number of aliphatic imine (C=N–C) groups is 1. The van der Waals surface area contributed by atoms with Crippen LogP contribution in [0.25, 0.3) is 11.3 Å². The molecule has 0 bridgehead atoms. The van der Waals surface area contributed by atoms with E-state index in [1.807, 2.05) is 19.1 Å². The van der Waals surface area contributed by atoms with Gasteiger partial charge in [-0.25, -0.2) is 0 Å². The van der Waals surface area contributed by atoms with E-state index in [0.717, 1.165) is 28.1 Å². The maximum absolute atomic E-state index is 4.84. The van der Waals surface area contributed by atoms with Gasteiger partial charge in [0.15, 0.2) is 0 Å². The predicted octanol–water partition coefficient (Wildman–Crippen LogP) is 2.72. The van der Waals surface area contributed by atoms with Gasteiger partial charge in [0.1, 0.15) is 5.62 Å². The minimum absolute atomic E-state index is 0. The van der Waals surface area contributed by atoms with E-state index in [2.05, 4.69) is 47.1 Å². The van der Waals surface area contributed by atoms with Crippen molar-refractivity contribution in [3.05, 3.63) is 47.2 Å². The van der Waals surface area contributed by atoms with E-state index < -0.39 is 0 Å². The Morgan fingerprint density at radius 1 is 1.17 bits per heavy atom. The molecule has 120 valence electrons. The quantitative estimate of drug-likeness (QED) is 0.460. The molecule has 0 saturated carbocycles. The van der Waals surface area contributed by atoms with Gasteiger partial charge in [0.05, 0.1) is 5.54 Å². The van der Waals surface area contributed by atoms with Crippen molar-refractivity contribution in [3.63, 3.8) is 0 Å². The molecule has 0 fully saturated rings. The van der Waals surface area contributed by atoms with Gasteiger partial charge in [0.2, 0.25) is 0 Å². The number of aromatic amines is 1. The van der Waals surface area contributed by atoms with Crippen molar-refractivity contribution in [2.45, 2.75) is 33.7 Å². The number of fused-ring (bicyclic) bond motifs is 3. The Morgan fingerprint density at radius 3 is 2.39 bits per heavy atom. The molecule has 1 N–H and O–H groups in total. The van der Waals surface area contributed by atoms with Gasteiger partial charge >= 0.3 is 0 Å². The summed E-state index contributed by atoms with van der Waals surface area (Å²) in [7, 11) is 1.72. The third kappa shape index (κ3) is 3.71. The first-order valence-corrected chi connectivity index (χ1v) is 6.64. The van der Waals surface area contributed by atoms with Crippen molar-refractivity contribution in [2.24, 2.45) is 9.98 Å². The molecule has 4 nitrogen and oxygen atoms in total. The van der Waals surface area contributed by atoms with E-state index in [1.54, 1.807) is 7.05 Å². The van der Waals surface area contributed by atoms with Crippen molar-refractivity contribution in [1.29, 1.82) is 0 Å². The molecule has 1 aliphatic heterocycles. The van der Waals surface area contributed by atoms with Gasteiger partial charge in [-0.1, -0.05) is 49.1 Å². The number of nitrogens with zero attached hydrogens (tertiary/aromatic N) is 3. The second-order valence-electron chi connectivity index (χ2n) is 5.45. The zero-order valence-electron chi connectivity index (χ0n) is 13.1. The van der Waals surface area contributed by atoms with E-state index in [0.29, 0.717) is 5.62 Å². The molecule has 0 aliphatic carbocycles. The van der Waals surface area contributed by atoms with Gasteiger partial charge in [0.25, 0.3) is 0 Å². The Morgan fingerprint density at radius 2 is 1.78 bits per heavy atom. The maximum Gasteiger partial charge on any atom is 0.107 e. The molecule has 6 heteroatoms. The van der Waals surface area contributed by atoms with Crippen LogP contribution in [0.5, 0.6) is 0 Å². The van der Waals surface area contributed by atoms with Crippen LogP contribution in [0.4, 0.5) is 0 Å². The number of hydrogen-bond acceptors (Lipinski definition) is 3. The molecular formula is C17H21BN4Re-. The molecule has 1 aromatic carbocycles. The summed E-state index contributed by atoms with van der Waals surface area (Å²) < 4.78 is 0. The summed E-state index contributed by atoms with van der Waals surface area (Å²) in [5.74, 6) is 0. The van der Waals surface area contributed by atoms with Crippen molar-refractivity contribution in [1.82, 2.24) is 9.97 Å². The summed E-state index contributed by atoms with van der Waals surface area (Å²) in [5.41, 5.74) is 5.47. The normalized spacial score (nSPS) is 14.8. The van der Waals surface area contributed by atoms with Crippen LogP contribution in [0.3, 0.4) is 0 Å². The van der Waals surface area contributed by atoms with Crippen LogP contribution in [-0.2, 0) is 26.0 Å². The van der Waals surface area contributed by atoms with Crippen molar-refractivity contribution >= 4 is 14.1 Å². The van der Waals surface area contributed by atoms with Gasteiger partial charge < -0.3 is 15.0 Å². The molecular weight excluding hydrogens is 457 g/mol. The molecule has 2 heterocycles. The topological polar surface area (TPSA) is 53.4 Å². The van der Waals surface area contributed by atoms with E-state index >= 15 is 0 Å². The predicted molar refractivity (Wildman–Crippen MR) is 92.1 cm³/mol. The molecule has 0 amide bonds. The molecule has 0 unspecified atom stereocenters. The fourth-order valence-electron chi connectivity index (χ4n) is 2.67. The minimum atomic E-state index is -0.367. The number of rotatable bonds is 0. The number of aromatic nitrogens is 2. The summed E-state index contributed by atoms with van der Waals surface area (Å²) in [5, 5.41) is 0. The van der Waals surface area contributed by atoms with Crippen molar-refractivity contribution < 1.29 is 20.4 Å². The number of H-pyrrole nitrogens is 1. The number of hydrogen-bond donors (Lipinski definition) is 1. The number of benzene rings is 1. The van der Waals surface area contributed by atoms with Crippen LogP contribution < -0.4 is 5.62 Å². The van der Waals surface area contributed by atoms with E-state index in [4.69, 9.17) is 4.99 Å². The largest absolute Gasteiger partial charge is 0.429 e. The van der Waals surface area contributed by atoms with Crippen LogP contribution in [0.2, 0.25) is 0 Å². The fourth-order valence-corrected chi connectivity index (χ4v) is 2.67. The molecule has 3 rings (SSSR count). The molecule has 0 saturated heterocycles. The molecule has 2 aromatic rings. The van der Waals surface area contributed by atoms with Crippen LogP contribution in [0.1, 0.15) is 39.3 Å². The Balaban J connectivity index is 0.00000161. The molecule has 0 spiro atoms. The van der Waals surface area contributed by atoms with Crippen LogP contribution >= 0.6 is 0 Å². The zero-order valence-corrected chi connectivity index (χ0v) is 15.8. The first-order chi connectivity index (χ1) is 9.53. The second kappa shape index (κ2) is 7.85. The Labute approximate surface area is 153 Å². The zero-order chi connectivity index (χ0) is 14.3. The Kier molecular flexibility index (Phi) is 7.34. The van der Waals surface area contributed by atoms with Gasteiger partial charge in [-0.3, -0.25) is 4.99 Å². The van der Waals surface area contributed by atoms with Gasteiger partial charge in [-0.2, -0.15) is 0 Å². The SMILES string of the molecule is C.CN=c1n[c-]c2c([nH]1)-c1ccccc1C(C)=NC2(C)C.[B].[Re]. The summed E-state index contributed by atoms with van der Waals surface area (Å²) in [6, 6.07) is 8.26. The number of nitrogens with one attached hydrogen (secondary N) is 1. The third-order valence-electron chi connectivity index (χ3n) is 3.62. The summed E-state index contributed by atoms with van der Waals surface area (Å²) >= 11 is 0. The smallest absolute Gasteiger partial charge is 0.107 e. The molecule has 4 radical (unpaired) electrons. The maximum atomic E-state index is 4.84. The van der Waals surface area contributed by atoms with Crippen molar-refractivity contribution in [2.75, 3.05) is 7.05 Å². The first-order valence-electron chi connectivity index (χ1n) is 6.64. The van der Waals surface area contributed by atoms with Gasteiger partial charge in [-0.15, -0.1) is 0 Å². The van der Waals surface area contributed by atoms with E-state index in [9.17, 15) is 0 Å². The molecule has 1 aliphatic rings. The second-order valence-corrected chi connectivity index (χ2v) is 5.45. The monoisotopic (exact) mass is 479 g/mol. The molecule has 0 atom stereocenters. The average Bonchev–Trinajstić information content (AvgIpc) is 2.53. The van der Waals surface area contributed by atoms with E-state index in [1.165, 1.54) is 0 Å². The van der Waals surface area contributed by atoms with Crippen LogP contribution in [-0.4, -0.2) is 31.1 Å². The van der Waals surface area contributed by atoms with Crippen LogP contribution in [0.15, 0.2) is 34.3 Å². The van der Waals surface area contributed by atoms with Crippen LogP contribution in [0, 0.1) is 6.20 Å². The third-order valence-corrected chi connectivity index (χ3v) is 3.62. The average molecular weight is 478 g/mol. The Bertz CT molecular complexity index is 778. The molecule has 23 heavy (non-hydrogen) atoms. The minimum Gasteiger partial charge on any atom is -0.429 e. The summed E-state index contributed by atoms with van der Waals surface area (Å²) in [4.78, 5) is 16.5. The summed E-state index contributed by atoms with van der Waals surface area (Å²) in [6.07, 6.45) is 3.12. The molecule has 1 aromatic heterocycles. The first kappa shape index (κ1) is 21.5. The van der Waals surface area contributed by atoms with Gasteiger partial charge in [-0.05, 0) is 31.9 Å². The standard InChI is InChI=1S/C16H17N4.CH4.B.Re/c1-10-11-7-5-6-8-12(11)14-13(16(2,3)20-10)9-18-15(17-4)19-14;;;/h5-8H,1-4H3,(H,17,18,19);1H4;;/q-1;;;. The van der Waals surface area contributed by atoms with Gasteiger partial charge in [0, 0.05) is 41.6 Å². The van der Waals surface area contributed by atoms with E-state index in [-0.39, 0.29) is 41.8 Å².